The Balaban J connectivity index is 1.94. The van der Waals surface area contributed by atoms with Gasteiger partial charge in [0.2, 0.25) is 0 Å². The van der Waals surface area contributed by atoms with Gasteiger partial charge in [0, 0.05) is 44.5 Å². The molecule has 2 heterocycles. The average Bonchev–Trinajstić information content (AvgIpc) is 2.96. The minimum Gasteiger partial charge on any atom is -0.377 e. The Hall–Kier alpha value is -1.40. The monoisotopic (exact) mass is 281 g/mol. The Kier molecular flexibility index (Phi) is 5.14. The van der Waals surface area contributed by atoms with Gasteiger partial charge in [-0.15, -0.1) is 0 Å². The van der Waals surface area contributed by atoms with E-state index in [1.807, 2.05) is 6.92 Å². The molecule has 1 fully saturated rings. The number of rotatable bonds is 6. The van der Waals surface area contributed by atoms with Crippen molar-refractivity contribution >= 4 is 0 Å². The molecular formula is C14H23N3O3. The molecule has 0 aliphatic carbocycles. The fourth-order valence-electron chi connectivity index (χ4n) is 2.54. The van der Waals surface area contributed by atoms with Crippen molar-refractivity contribution in [1.82, 2.24) is 14.5 Å². The molecule has 2 rings (SSSR count). The Morgan fingerprint density at radius 1 is 1.50 bits per heavy atom. The highest BCUT2D eigenvalue weighted by molar-refractivity contribution is 4.86. The molecule has 1 aromatic heterocycles. The zero-order chi connectivity index (χ0) is 14.5. The van der Waals surface area contributed by atoms with Crippen molar-refractivity contribution in [2.24, 2.45) is 0 Å². The van der Waals surface area contributed by atoms with E-state index in [9.17, 15) is 9.59 Å². The molecule has 2 atom stereocenters. The quantitative estimate of drug-likeness (QED) is 0.808. The molecule has 6 nitrogen and oxygen atoms in total. The van der Waals surface area contributed by atoms with E-state index in [4.69, 9.17) is 4.74 Å². The van der Waals surface area contributed by atoms with Crippen LogP contribution in [-0.2, 0) is 17.8 Å². The number of hydrogen-bond acceptors (Lipinski definition) is 4. The summed E-state index contributed by atoms with van der Waals surface area (Å²) in [6, 6.07) is 1.68. The third-order valence-electron chi connectivity index (χ3n) is 3.80. The second-order valence-corrected chi connectivity index (χ2v) is 5.17. The van der Waals surface area contributed by atoms with Gasteiger partial charge in [-0.25, -0.2) is 4.79 Å². The predicted octanol–water partition coefficient (Wildman–Crippen LogP) is 0.187. The molecule has 112 valence electrons. The van der Waals surface area contributed by atoms with E-state index >= 15 is 0 Å². The number of ether oxygens (including phenoxy) is 1. The molecule has 0 amide bonds. The Labute approximate surface area is 118 Å². The first-order valence-corrected chi connectivity index (χ1v) is 7.28. The van der Waals surface area contributed by atoms with Crippen LogP contribution in [0.5, 0.6) is 0 Å². The number of aromatic nitrogens is 2. The van der Waals surface area contributed by atoms with Gasteiger partial charge in [-0.05, 0) is 26.7 Å². The van der Waals surface area contributed by atoms with Gasteiger partial charge < -0.3 is 14.6 Å². The highest BCUT2D eigenvalue weighted by atomic mass is 16.5. The largest absolute Gasteiger partial charge is 0.377 e. The van der Waals surface area contributed by atoms with E-state index in [0.29, 0.717) is 19.6 Å². The molecular weight excluding hydrogens is 258 g/mol. The van der Waals surface area contributed by atoms with Crippen molar-refractivity contribution in [2.45, 2.75) is 51.9 Å². The number of nitrogens with one attached hydrogen (secondary N) is 1. The fourth-order valence-corrected chi connectivity index (χ4v) is 2.54. The first kappa shape index (κ1) is 15.0. The van der Waals surface area contributed by atoms with Crippen LogP contribution in [0.15, 0.2) is 21.9 Å². The molecule has 1 aliphatic rings. The minimum absolute atomic E-state index is 0.241. The minimum atomic E-state index is -0.244. The molecule has 0 aromatic carbocycles. The molecule has 0 bridgehead atoms. The molecule has 0 saturated carbocycles. The first-order valence-electron chi connectivity index (χ1n) is 7.28. The van der Waals surface area contributed by atoms with Crippen molar-refractivity contribution in [3.63, 3.8) is 0 Å². The van der Waals surface area contributed by atoms with Crippen LogP contribution in [0.2, 0.25) is 0 Å². The normalized spacial score (nSPS) is 20.2. The van der Waals surface area contributed by atoms with Gasteiger partial charge in [0.1, 0.15) is 0 Å². The summed E-state index contributed by atoms with van der Waals surface area (Å²) < 4.78 is 8.41. The molecule has 0 radical (unpaired) electrons. The lowest BCUT2D eigenvalue weighted by Gasteiger charge is -2.20. The fraction of sp³-hybridized carbons (Fsp3) is 0.714. The van der Waals surface area contributed by atoms with E-state index in [1.165, 1.54) is 15.2 Å². The highest BCUT2D eigenvalue weighted by Gasteiger charge is 2.21. The first-order chi connectivity index (χ1) is 9.63. The second kappa shape index (κ2) is 6.85. The maximum atomic E-state index is 12.0. The topological polar surface area (TPSA) is 65.3 Å². The number of aryl methyl sites for hydroxylation is 1. The standard InChI is InChI=1S/C14H23N3O3/c1-3-16-8-6-13(18)17(14(16)19)9-7-15-11(2)12-5-4-10-20-12/h6,8,11-12,15H,3-5,7,9-10H2,1-2H3. The van der Waals surface area contributed by atoms with Crippen LogP contribution in [-0.4, -0.2) is 34.4 Å². The molecule has 1 aromatic rings. The Morgan fingerprint density at radius 2 is 2.30 bits per heavy atom. The third-order valence-corrected chi connectivity index (χ3v) is 3.80. The van der Waals surface area contributed by atoms with Crippen LogP contribution in [0.25, 0.3) is 0 Å². The van der Waals surface area contributed by atoms with Crippen molar-refractivity contribution < 1.29 is 4.74 Å². The SMILES string of the molecule is CCn1ccc(=O)n(CCNC(C)C2CCCO2)c1=O. The molecule has 20 heavy (non-hydrogen) atoms. The van der Waals surface area contributed by atoms with Crippen molar-refractivity contribution in [3.05, 3.63) is 33.1 Å². The van der Waals surface area contributed by atoms with Crippen LogP contribution in [0, 0.1) is 0 Å². The van der Waals surface area contributed by atoms with Crippen LogP contribution in [0.1, 0.15) is 26.7 Å². The van der Waals surface area contributed by atoms with Gasteiger partial charge in [-0.1, -0.05) is 0 Å². The Bertz CT molecular complexity index is 543. The number of nitrogens with zero attached hydrogens (tertiary/aromatic N) is 2. The van der Waals surface area contributed by atoms with Crippen molar-refractivity contribution in [1.29, 1.82) is 0 Å². The molecule has 2 unspecified atom stereocenters. The summed E-state index contributed by atoms with van der Waals surface area (Å²) in [5.74, 6) is 0. The zero-order valence-electron chi connectivity index (χ0n) is 12.2. The third kappa shape index (κ3) is 3.37. The lowest BCUT2D eigenvalue weighted by molar-refractivity contribution is 0.0834. The van der Waals surface area contributed by atoms with E-state index < -0.39 is 0 Å². The van der Waals surface area contributed by atoms with Gasteiger partial charge in [-0.3, -0.25) is 9.36 Å². The van der Waals surface area contributed by atoms with Gasteiger partial charge >= 0.3 is 5.69 Å². The van der Waals surface area contributed by atoms with Gasteiger partial charge in [0.25, 0.3) is 5.56 Å². The van der Waals surface area contributed by atoms with Gasteiger partial charge in [-0.2, -0.15) is 0 Å². The summed E-state index contributed by atoms with van der Waals surface area (Å²) in [5.41, 5.74) is -0.488. The van der Waals surface area contributed by atoms with E-state index in [-0.39, 0.29) is 23.4 Å². The van der Waals surface area contributed by atoms with Crippen LogP contribution in [0.4, 0.5) is 0 Å². The lowest BCUT2D eigenvalue weighted by atomic mass is 10.1. The smallest absolute Gasteiger partial charge is 0.330 e. The van der Waals surface area contributed by atoms with E-state index in [0.717, 1.165) is 19.4 Å². The Morgan fingerprint density at radius 3 is 2.95 bits per heavy atom. The lowest BCUT2D eigenvalue weighted by Crippen LogP contribution is -2.44. The van der Waals surface area contributed by atoms with Crippen LogP contribution < -0.4 is 16.6 Å². The summed E-state index contributed by atoms with van der Waals surface area (Å²) in [4.78, 5) is 23.8. The zero-order valence-corrected chi connectivity index (χ0v) is 12.2. The molecule has 1 N–H and O–H groups in total. The van der Waals surface area contributed by atoms with Crippen LogP contribution >= 0.6 is 0 Å². The summed E-state index contributed by atoms with van der Waals surface area (Å²) in [6.07, 6.45) is 3.97. The van der Waals surface area contributed by atoms with E-state index in [2.05, 4.69) is 12.2 Å². The molecule has 1 aliphatic heterocycles. The summed E-state index contributed by atoms with van der Waals surface area (Å²) in [7, 11) is 0. The molecule has 6 heteroatoms. The van der Waals surface area contributed by atoms with Crippen LogP contribution in [0.3, 0.4) is 0 Å². The van der Waals surface area contributed by atoms with Gasteiger partial charge in [0.05, 0.1) is 6.10 Å². The van der Waals surface area contributed by atoms with Crippen molar-refractivity contribution in [3.8, 4) is 0 Å². The van der Waals surface area contributed by atoms with E-state index in [1.54, 1.807) is 6.20 Å². The summed E-state index contributed by atoms with van der Waals surface area (Å²) in [6.45, 7) is 6.33. The second-order valence-electron chi connectivity index (χ2n) is 5.17. The summed E-state index contributed by atoms with van der Waals surface area (Å²) >= 11 is 0. The molecule has 1 saturated heterocycles. The number of hydrogen-bond donors (Lipinski definition) is 1. The summed E-state index contributed by atoms with van der Waals surface area (Å²) in [5, 5.41) is 3.33. The maximum Gasteiger partial charge on any atom is 0.330 e. The predicted molar refractivity (Wildman–Crippen MR) is 77.1 cm³/mol. The average molecular weight is 281 g/mol. The molecule has 0 spiro atoms. The highest BCUT2D eigenvalue weighted by Crippen LogP contribution is 2.14. The van der Waals surface area contributed by atoms with Crippen molar-refractivity contribution in [2.75, 3.05) is 13.2 Å². The maximum absolute atomic E-state index is 12.0. The van der Waals surface area contributed by atoms with Gasteiger partial charge in [0.15, 0.2) is 0 Å².